The van der Waals surface area contributed by atoms with Gasteiger partial charge < -0.3 is 10.4 Å². The van der Waals surface area contributed by atoms with E-state index in [0.717, 1.165) is 0 Å². The number of amides is 1. The molecule has 1 atom stereocenters. The highest BCUT2D eigenvalue weighted by atomic mass is 32.1. The number of hydrogen-bond donors (Lipinski definition) is 3. The van der Waals surface area contributed by atoms with Crippen LogP contribution in [0.5, 0.6) is 0 Å². The summed E-state index contributed by atoms with van der Waals surface area (Å²) in [5, 5.41) is 21.9. The average Bonchev–Trinajstić information content (AvgIpc) is 2.41. The van der Waals surface area contributed by atoms with Crippen molar-refractivity contribution in [2.24, 2.45) is 4.99 Å². The maximum absolute atomic E-state index is 11.9. The highest BCUT2D eigenvalue weighted by molar-refractivity contribution is 7.80. The molecule has 0 saturated heterocycles. The van der Waals surface area contributed by atoms with E-state index >= 15 is 0 Å². The van der Waals surface area contributed by atoms with Gasteiger partial charge in [-0.2, -0.15) is 12.6 Å². The van der Waals surface area contributed by atoms with Gasteiger partial charge in [0, 0.05) is 18.0 Å². The Balaban J connectivity index is 2.87. The Morgan fingerprint density at radius 2 is 2.14 bits per heavy atom. The minimum atomic E-state index is -1.17. The Labute approximate surface area is 127 Å². The van der Waals surface area contributed by atoms with Gasteiger partial charge in [-0.15, -0.1) is 10.2 Å². The molecule has 1 unspecified atom stereocenters. The lowest BCUT2D eigenvalue weighted by Gasteiger charge is -2.11. The fourth-order valence-corrected chi connectivity index (χ4v) is 1.42. The number of rotatable bonds is 5. The fourth-order valence-electron chi connectivity index (χ4n) is 1.17. The summed E-state index contributed by atoms with van der Waals surface area (Å²) in [7, 11) is 0. The van der Waals surface area contributed by atoms with Gasteiger partial charge in [0.25, 0.3) is 5.91 Å². The number of hydrogen-bond acceptors (Lipinski definition) is 7. The molecule has 21 heavy (non-hydrogen) atoms. The molecule has 114 valence electrons. The molecule has 1 rings (SSSR count). The van der Waals surface area contributed by atoms with Crippen LogP contribution in [0, 0.1) is 0 Å². The Morgan fingerprint density at radius 3 is 2.67 bits per heavy atom. The number of aliphatic imine (C=N–C) groups is 1. The first-order valence-corrected chi connectivity index (χ1v) is 6.76. The van der Waals surface area contributed by atoms with Crippen LogP contribution in [-0.4, -0.2) is 55.9 Å². The summed E-state index contributed by atoms with van der Waals surface area (Å²) in [6.45, 7) is 5.74. The minimum absolute atomic E-state index is 0.0298. The van der Waals surface area contributed by atoms with E-state index in [9.17, 15) is 9.59 Å². The maximum Gasteiger partial charge on any atom is 0.327 e. The second-order valence-corrected chi connectivity index (χ2v) is 5.58. The van der Waals surface area contributed by atoms with Crippen LogP contribution in [-0.2, 0) is 4.79 Å². The lowest BCUT2D eigenvalue weighted by Crippen LogP contribution is -2.42. The number of carboxylic acid groups (broad SMARTS) is 1. The number of carboxylic acids is 1. The van der Waals surface area contributed by atoms with Crippen LogP contribution in [0.15, 0.2) is 11.1 Å². The van der Waals surface area contributed by atoms with Gasteiger partial charge in [0.15, 0.2) is 5.69 Å². The molecule has 8 nitrogen and oxygen atoms in total. The summed E-state index contributed by atoms with van der Waals surface area (Å²) in [4.78, 5) is 27.0. The smallest absolute Gasteiger partial charge is 0.327 e. The van der Waals surface area contributed by atoms with Crippen LogP contribution in [0.2, 0.25) is 0 Å². The third kappa shape index (κ3) is 5.86. The van der Waals surface area contributed by atoms with Crippen LogP contribution in [0.25, 0.3) is 0 Å². The lowest BCUT2D eigenvalue weighted by atomic mass is 10.1. The van der Waals surface area contributed by atoms with Crippen molar-refractivity contribution in [1.29, 1.82) is 0 Å². The Bertz CT molecular complexity index is 556. The van der Waals surface area contributed by atoms with E-state index in [-0.39, 0.29) is 17.0 Å². The first-order chi connectivity index (χ1) is 9.73. The van der Waals surface area contributed by atoms with Crippen molar-refractivity contribution in [3.63, 3.8) is 0 Å². The molecule has 0 spiro atoms. The molecule has 0 fully saturated rings. The predicted molar refractivity (Wildman–Crippen MR) is 79.9 cm³/mol. The topological polar surface area (TPSA) is 117 Å². The van der Waals surface area contributed by atoms with Gasteiger partial charge in [0.2, 0.25) is 0 Å². The normalized spacial score (nSPS) is 13.1. The van der Waals surface area contributed by atoms with E-state index in [4.69, 9.17) is 5.11 Å². The van der Waals surface area contributed by atoms with Crippen molar-refractivity contribution >= 4 is 30.7 Å². The Morgan fingerprint density at radius 1 is 1.48 bits per heavy atom. The number of nitrogens with zero attached hydrogens (tertiary/aromatic N) is 4. The number of aliphatic carboxylic acids is 1. The molecule has 0 aliphatic carbocycles. The number of carbonyl (C=O) groups is 2. The summed E-state index contributed by atoms with van der Waals surface area (Å²) in [6, 6.07) is 0.289. The maximum atomic E-state index is 11.9. The number of carbonyl (C=O) groups excluding carboxylic acids is 1. The fraction of sp³-hybridized carbons (Fsp3) is 0.500. The van der Waals surface area contributed by atoms with E-state index in [1.807, 2.05) is 20.8 Å². The summed E-state index contributed by atoms with van der Waals surface area (Å²) >= 11 is 3.86. The Kier molecular flexibility index (Phi) is 5.77. The second kappa shape index (κ2) is 7.11. The largest absolute Gasteiger partial charge is 0.480 e. The first kappa shape index (κ1) is 17.0. The summed E-state index contributed by atoms with van der Waals surface area (Å²) < 4.78 is 0. The molecule has 0 aromatic carbocycles. The van der Waals surface area contributed by atoms with Crippen molar-refractivity contribution in [3.8, 4) is 0 Å². The van der Waals surface area contributed by atoms with Gasteiger partial charge in [-0.1, -0.05) is 0 Å². The molecular formula is C12H17N5O3S. The molecule has 2 N–H and O–H groups in total. The van der Waals surface area contributed by atoms with Gasteiger partial charge in [0.1, 0.15) is 11.7 Å². The van der Waals surface area contributed by atoms with Gasteiger partial charge in [-0.05, 0) is 26.0 Å². The Hall–Kier alpha value is -2.03. The van der Waals surface area contributed by atoms with Gasteiger partial charge in [0.05, 0.1) is 5.54 Å². The molecule has 0 bridgehead atoms. The van der Waals surface area contributed by atoms with E-state index in [1.165, 1.54) is 12.3 Å². The number of thiol groups is 1. The standard InChI is InChI=1S/C12H17N5O3S/c1-12(2,3)13-5-7-4-8(16-17-15-7)10(18)14-9(6-21)11(19)20/h4-5,9,21H,6H2,1-3H3,(H,14,18)(H,19,20)/b13-5-. The third-order valence-electron chi connectivity index (χ3n) is 2.20. The molecule has 9 heteroatoms. The summed E-state index contributed by atoms with van der Waals surface area (Å²) in [6.07, 6.45) is 1.48. The third-order valence-corrected chi connectivity index (χ3v) is 2.57. The molecule has 1 heterocycles. The molecule has 0 saturated carbocycles. The van der Waals surface area contributed by atoms with E-state index in [2.05, 4.69) is 38.3 Å². The van der Waals surface area contributed by atoms with Crippen LogP contribution in [0.1, 0.15) is 37.0 Å². The monoisotopic (exact) mass is 311 g/mol. The lowest BCUT2D eigenvalue weighted by molar-refractivity contribution is -0.138. The van der Waals surface area contributed by atoms with E-state index < -0.39 is 17.9 Å². The molecule has 0 aliphatic heterocycles. The zero-order chi connectivity index (χ0) is 16.0. The molecule has 1 aromatic rings. The number of aromatic nitrogens is 3. The van der Waals surface area contributed by atoms with Crippen LogP contribution >= 0.6 is 12.6 Å². The van der Waals surface area contributed by atoms with Gasteiger partial charge in [-0.3, -0.25) is 9.79 Å². The van der Waals surface area contributed by atoms with Crippen molar-refractivity contribution < 1.29 is 14.7 Å². The molecule has 0 radical (unpaired) electrons. The van der Waals surface area contributed by atoms with Gasteiger partial charge >= 0.3 is 5.97 Å². The van der Waals surface area contributed by atoms with Crippen molar-refractivity contribution in [2.45, 2.75) is 32.4 Å². The van der Waals surface area contributed by atoms with Crippen molar-refractivity contribution in [2.75, 3.05) is 5.75 Å². The second-order valence-electron chi connectivity index (χ2n) is 5.22. The van der Waals surface area contributed by atoms with E-state index in [0.29, 0.717) is 5.69 Å². The molecular weight excluding hydrogens is 294 g/mol. The van der Waals surface area contributed by atoms with Crippen LogP contribution in [0.4, 0.5) is 0 Å². The SMILES string of the molecule is CC(C)(C)/N=C\c1cc(C(=O)NC(CS)C(=O)O)nnn1. The number of nitrogens with one attached hydrogen (secondary N) is 1. The van der Waals surface area contributed by atoms with Gasteiger partial charge in [-0.25, -0.2) is 4.79 Å². The van der Waals surface area contributed by atoms with Crippen molar-refractivity contribution in [1.82, 2.24) is 20.7 Å². The zero-order valence-corrected chi connectivity index (χ0v) is 12.8. The molecule has 0 aliphatic rings. The van der Waals surface area contributed by atoms with Crippen LogP contribution < -0.4 is 5.32 Å². The predicted octanol–water partition coefficient (Wildman–Crippen LogP) is 0.202. The zero-order valence-electron chi connectivity index (χ0n) is 11.9. The first-order valence-electron chi connectivity index (χ1n) is 6.13. The highest BCUT2D eigenvalue weighted by Gasteiger charge is 2.20. The quantitative estimate of drug-likeness (QED) is 0.528. The van der Waals surface area contributed by atoms with E-state index in [1.54, 1.807) is 0 Å². The molecule has 1 aromatic heterocycles. The van der Waals surface area contributed by atoms with Crippen molar-refractivity contribution in [3.05, 3.63) is 17.5 Å². The average molecular weight is 311 g/mol. The summed E-state index contributed by atoms with van der Waals surface area (Å²) in [5.41, 5.74) is 0.0459. The van der Waals surface area contributed by atoms with Crippen LogP contribution in [0.3, 0.4) is 0 Å². The molecule has 1 amide bonds. The summed E-state index contributed by atoms with van der Waals surface area (Å²) in [5.74, 6) is -1.86. The minimum Gasteiger partial charge on any atom is -0.480 e. The highest BCUT2D eigenvalue weighted by Crippen LogP contribution is 2.06.